The van der Waals surface area contributed by atoms with Gasteiger partial charge in [0.1, 0.15) is 5.58 Å². The number of hydrogen-bond acceptors (Lipinski definition) is 3. The average Bonchev–Trinajstić information content (AvgIpc) is 2.19. The van der Waals surface area contributed by atoms with Gasteiger partial charge in [-0.15, -0.1) is 0 Å². The Morgan fingerprint density at radius 3 is 2.87 bits per heavy atom. The van der Waals surface area contributed by atoms with Crippen LogP contribution in [0.5, 0.6) is 0 Å². The van der Waals surface area contributed by atoms with Crippen LogP contribution in [0.3, 0.4) is 0 Å². The normalized spacial score (nSPS) is 10.7. The highest BCUT2D eigenvalue weighted by Crippen LogP contribution is 2.20. The predicted octanol–water partition coefficient (Wildman–Crippen LogP) is 2.33. The number of nitrogens with two attached hydrogens (primary N) is 1. The molecule has 0 spiro atoms. The van der Waals surface area contributed by atoms with Crippen molar-refractivity contribution in [1.29, 1.82) is 0 Å². The fraction of sp³-hybridized carbons (Fsp3) is 0.250. The molecule has 0 bridgehead atoms. The zero-order valence-corrected chi connectivity index (χ0v) is 8.62. The van der Waals surface area contributed by atoms with Crippen LogP contribution in [-0.2, 0) is 6.42 Å². The van der Waals surface area contributed by atoms with E-state index in [4.69, 9.17) is 10.2 Å². The summed E-state index contributed by atoms with van der Waals surface area (Å²) in [6, 6.07) is 6.88. The van der Waals surface area contributed by atoms with Gasteiger partial charge in [0.15, 0.2) is 0 Å². The Labute approximate surface area is 87.5 Å². The molecule has 2 N–H and O–H groups in total. The van der Waals surface area contributed by atoms with Gasteiger partial charge in [-0.2, -0.15) is 0 Å². The van der Waals surface area contributed by atoms with Gasteiger partial charge >= 0.3 is 5.63 Å². The third kappa shape index (κ3) is 1.86. The number of nitrogen functional groups attached to an aromatic ring is 1. The Balaban J connectivity index is 2.75. The van der Waals surface area contributed by atoms with E-state index >= 15 is 0 Å². The van der Waals surface area contributed by atoms with E-state index in [-0.39, 0.29) is 5.63 Å². The van der Waals surface area contributed by atoms with E-state index in [0.717, 1.165) is 23.8 Å². The van der Waals surface area contributed by atoms with Crippen LogP contribution < -0.4 is 11.4 Å². The summed E-state index contributed by atoms with van der Waals surface area (Å²) in [5, 5.41) is 0.941. The summed E-state index contributed by atoms with van der Waals surface area (Å²) in [5.74, 6) is 0. The third-order valence-electron chi connectivity index (χ3n) is 2.37. The number of benzene rings is 1. The maximum absolute atomic E-state index is 11.3. The lowest BCUT2D eigenvalue weighted by Crippen LogP contribution is -2.00. The van der Waals surface area contributed by atoms with Crippen LogP contribution in [0.1, 0.15) is 18.9 Å². The first-order valence-electron chi connectivity index (χ1n) is 5.03. The second-order valence-electron chi connectivity index (χ2n) is 3.60. The number of hydrogen-bond donors (Lipinski definition) is 1. The van der Waals surface area contributed by atoms with Crippen molar-refractivity contribution in [1.82, 2.24) is 0 Å². The van der Waals surface area contributed by atoms with Gasteiger partial charge in [-0.3, -0.25) is 0 Å². The molecule has 0 saturated heterocycles. The second-order valence-corrected chi connectivity index (χ2v) is 3.60. The van der Waals surface area contributed by atoms with E-state index in [0.29, 0.717) is 11.3 Å². The molecule has 1 aromatic carbocycles. The van der Waals surface area contributed by atoms with E-state index in [2.05, 4.69) is 6.92 Å². The minimum absolute atomic E-state index is 0.296. The van der Waals surface area contributed by atoms with Crippen molar-refractivity contribution in [2.24, 2.45) is 0 Å². The first-order chi connectivity index (χ1) is 7.20. The van der Waals surface area contributed by atoms with Gasteiger partial charge in [-0.05, 0) is 30.2 Å². The Morgan fingerprint density at radius 1 is 1.33 bits per heavy atom. The van der Waals surface area contributed by atoms with Crippen LogP contribution in [0, 0.1) is 0 Å². The zero-order chi connectivity index (χ0) is 10.8. The molecule has 0 fully saturated rings. The molecule has 1 heterocycles. The molecule has 0 unspecified atom stereocenters. The van der Waals surface area contributed by atoms with Gasteiger partial charge in [0.2, 0.25) is 0 Å². The molecule has 15 heavy (non-hydrogen) atoms. The number of anilines is 1. The van der Waals surface area contributed by atoms with Crippen LogP contribution in [0.15, 0.2) is 33.5 Å². The molecular weight excluding hydrogens is 190 g/mol. The van der Waals surface area contributed by atoms with E-state index in [1.54, 1.807) is 18.2 Å². The molecule has 0 amide bonds. The molecule has 2 rings (SSSR count). The summed E-state index contributed by atoms with van der Waals surface area (Å²) in [6.45, 7) is 2.08. The topological polar surface area (TPSA) is 56.2 Å². The Kier molecular flexibility index (Phi) is 2.46. The summed E-state index contributed by atoms with van der Waals surface area (Å²) in [5.41, 5.74) is 7.72. The fourth-order valence-electron chi connectivity index (χ4n) is 1.72. The largest absolute Gasteiger partial charge is 0.423 e. The van der Waals surface area contributed by atoms with E-state index in [9.17, 15) is 4.79 Å². The Hall–Kier alpha value is -1.77. The van der Waals surface area contributed by atoms with Crippen molar-refractivity contribution in [2.45, 2.75) is 19.8 Å². The highest BCUT2D eigenvalue weighted by Gasteiger charge is 2.04. The molecule has 0 aliphatic carbocycles. The monoisotopic (exact) mass is 203 g/mol. The van der Waals surface area contributed by atoms with Crippen molar-refractivity contribution >= 4 is 16.7 Å². The predicted molar refractivity (Wildman–Crippen MR) is 60.9 cm³/mol. The SMILES string of the molecule is CCCc1cc(=O)oc2ccc(N)cc12. The quantitative estimate of drug-likeness (QED) is 0.602. The minimum atomic E-state index is -0.296. The zero-order valence-electron chi connectivity index (χ0n) is 8.62. The van der Waals surface area contributed by atoms with E-state index in [1.165, 1.54) is 0 Å². The summed E-state index contributed by atoms with van der Waals surface area (Å²) in [6.07, 6.45) is 1.86. The van der Waals surface area contributed by atoms with Crippen molar-refractivity contribution in [3.05, 3.63) is 40.2 Å². The Morgan fingerprint density at radius 2 is 2.13 bits per heavy atom. The fourth-order valence-corrected chi connectivity index (χ4v) is 1.72. The minimum Gasteiger partial charge on any atom is -0.423 e. The lowest BCUT2D eigenvalue weighted by Gasteiger charge is -2.04. The maximum atomic E-state index is 11.3. The van der Waals surface area contributed by atoms with Crippen molar-refractivity contribution in [2.75, 3.05) is 5.73 Å². The molecule has 0 aliphatic heterocycles. The van der Waals surface area contributed by atoms with E-state index < -0.39 is 0 Å². The summed E-state index contributed by atoms with van der Waals surface area (Å²) in [7, 11) is 0. The number of fused-ring (bicyclic) bond motifs is 1. The molecule has 0 radical (unpaired) electrons. The van der Waals surface area contributed by atoms with Crippen molar-refractivity contribution in [3.8, 4) is 0 Å². The van der Waals surface area contributed by atoms with Gasteiger partial charge in [-0.1, -0.05) is 13.3 Å². The van der Waals surface area contributed by atoms with Gasteiger partial charge in [0, 0.05) is 17.1 Å². The van der Waals surface area contributed by atoms with Gasteiger partial charge < -0.3 is 10.2 Å². The molecule has 78 valence electrons. The van der Waals surface area contributed by atoms with Crippen molar-refractivity contribution in [3.63, 3.8) is 0 Å². The summed E-state index contributed by atoms with van der Waals surface area (Å²) >= 11 is 0. The van der Waals surface area contributed by atoms with Gasteiger partial charge in [0.25, 0.3) is 0 Å². The summed E-state index contributed by atoms with van der Waals surface area (Å²) < 4.78 is 5.09. The van der Waals surface area contributed by atoms with Crippen LogP contribution in [0.4, 0.5) is 5.69 Å². The van der Waals surface area contributed by atoms with E-state index in [1.807, 2.05) is 6.07 Å². The number of rotatable bonds is 2. The average molecular weight is 203 g/mol. The van der Waals surface area contributed by atoms with Gasteiger partial charge in [0.05, 0.1) is 0 Å². The second kappa shape index (κ2) is 3.77. The van der Waals surface area contributed by atoms with Crippen molar-refractivity contribution < 1.29 is 4.42 Å². The molecule has 3 nitrogen and oxygen atoms in total. The maximum Gasteiger partial charge on any atom is 0.336 e. The molecule has 3 heteroatoms. The highest BCUT2D eigenvalue weighted by molar-refractivity contribution is 5.83. The molecule has 2 aromatic rings. The molecule has 0 atom stereocenters. The van der Waals surface area contributed by atoms with Crippen LogP contribution in [0.2, 0.25) is 0 Å². The van der Waals surface area contributed by atoms with Crippen LogP contribution in [0.25, 0.3) is 11.0 Å². The standard InChI is InChI=1S/C12H13NO2/c1-2-3-8-6-12(14)15-11-5-4-9(13)7-10(8)11/h4-7H,2-3,13H2,1H3. The van der Waals surface area contributed by atoms with Gasteiger partial charge in [-0.25, -0.2) is 4.79 Å². The molecule has 0 saturated carbocycles. The molecular formula is C12H13NO2. The lowest BCUT2D eigenvalue weighted by molar-refractivity contribution is 0.558. The van der Waals surface area contributed by atoms with Crippen LogP contribution in [-0.4, -0.2) is 0 Å². The molecule has 1 aromatic heterocycles. The Bertz CT molecular complexity index is 543. The highest BCUT2D eigenvalue weighted by atomic mass is 16.4. The third-order valence-corrected chi connectivity index (χ3v) is 2.37. The first kappa shape index (κ1) is 9.77. The molecule has 0 aliphatic rings. The summed E-state index contributed by atoms with van der Waals surface area (Å²) in [4.78, 5) is 11.3. The lowest BCUT2D eigenvalue weighted by atomic mass is 10.1. The smallest absolute Gasteiger partial charge is 0.336 e. The number of aryl methyl sites for hydroxylation is 1. The van der Waals surface area contributed by atoms with Crippen LogP contribution >= 0.6 is 0 Å². The first-order valence-corrected chi connectivity index (χ1v) is 5.03.